The molecule has 0 aromatic carbocycles. The van der Waals surface area contributed by atoms with Gasteiger partial charge in [-0.2, -0.15) is 0 Å². The Balaban J connectivity index is 1.43. The standard InChI is InChI=1S/C35H54O6/c1-9-10-23-13-18-35(30(38)39)20-19-33(7)24(28(23)35)11-12-26-32(6)16-15-27(41-29(37)21(2)40-22(3)36)31(4,5)25(32)14-17-34(26,33)8/h9-10,21,23-28H,11-20H2,1-8H3,(H,38,39)/b10-9+/t21?,23?,24?,25-,26?,27-,28?,32-,33+,34+,35?/m0/s1. The highest BCUT2D eigenvalue weighted by atomic mass is 16.6. The first-order valence-corrected chi connectivity index (χ1v) is 16.3. The zero-order valence-electron chi connectivity index (χ0n) is 26.8. The van der Waals surface area contributed by atoms with E-state index >= 15 is 0 Å². The summed E-state index contributed by atoms with van der Waals surface area (Å²) in [7, 11) is 0. The Labute approximate surface area is 247 Å². The van der Waals surface area contributed by atoms with E-state index in [1.54, 1.807) is 6.92 Å². The molecule has 6 heteroatoms. The van der Waals surface area contributed by atoms with Gasteiger partial charge in [0.25, 0.3) is 0 Å². The number of allylic oxidation sites excluding steroid dienone is 2. The summed E-state index contributed by atoms with van der Waals surface area (Å²) in [4.78, 5) is 37.1. The third-order valence-electron chi connectivity index (χ3n) is 14.2. The smallest absolute Gasteiger partial charge is 0.347 e. The summed E-state index contributed by atoms with van der Waals surface area (Å²) in [6.45, 7) is 17.2. The second-order valence-corrected chi connectivity index (χ2v) is 15.9. The van der Waals surface area contributed by atoms with Crippen LogP contribution in [-0.2, 0) is 23.9 Å². The van der Waals surface area contributed by atoms with Crippen LogP contribution in [0.2, 0.25) is 0 Å². The second-order valence-electron chi connectivity index (χ2n) is 15.9. The molecule has 0 amide bonds. The van der Waals surface area contributed by atoms with Gasteiger partial charge in [0.15, 0.2) is 6.10 Å². The lowest BCUT2D eigenvalue weighted by Gasteiger charge is -2.72. The van der Waals surface area contributed by atoms with Crippen LogP contribution in [-0.4, -0.2) is 35.2 Å². The molecule has 0 saturated heterocycles. The maximum atomic E-state index is 12.9. The van der Waals surface area contributed by atoms with Gasteiger partial charge in [-0.3, -0.25) is 9.59 Å². The summed E-state index contributed by atoms with van der Waals surface area (Å²) >= 11 is 0. The van der Waals surface area contributed by atoms with E-state index in [4.69, 9.17) is 9.47 Å². The number of hydrogen-bond acceptors (Lipinski definition) is 5. The number of rotatable bonds is 5. The highest BCUT2D eigenvalue weighted by Gasteiger charge is 2.72. The lowest BCUT2D eigenvalue weighted by Crippen LogP contribution is -2.67. The Morgan fingerprint density at radius 1 is 0.854 bits per heavy atom. The fourth-order valence-corrected chi connectivity index (χ4v) is 12.2. The van der Waals surface area contributed by atoms with E-state index in [0.717, 1.165) is 64.2 Å². The number of aliphatic carboxylic acids is 1. The molecule has 0 radical (unpaired) electrons. The zero-order valence-corrected chi connectivity index (χ0v) is 26.8. The van der Waals surface area contributed by atoms with Gasteiger partial charge in [-0.15, -0.1) is 0 Å². The molecule has 0 aromatic heterocycles. The summed E-state index contributed by atoms with van der Waals surface area (Å²) in [6.07, 6.45) is 13.3. The van der Waals surface area contributed by atoms with Crippen molar-refractivity contribution < 1.29 is 29.0 Å². The molecular formula is C35H54O6. The monoisotopic (exact) mass is 570 g/mol. The average Bonchev–Trinajstić information content (AvgIpc) is 3.25. The van der Waals surface area contributed by atoms with Crippen molar-refractivity contribution in [3.8, 4) is 0 Å². The molecule has 41 heavy (non-hydrogen) atoms. The molecule has 5 aliphatic rings. The van der Waals surface area contributed by atoms with Crippen LogP contribution in [0.3, 0.4) is 0 Å². The van der Waals surface area contributed by atoms with Gasteiger partial charge in [0.2, 0.25) is 0 Å². The van der Waals surface area contributed by atoms with Crippen molar-refractivity contribution in [3.05, 3.63) is 12.2 Å². The van der Waals surface area contributed by atoms with E-state index < -0.39 is 29.4 Å². The molecule has 230 valence electrons. The SMILES string of the molecule is C/C=C/C1CCC2(C(=O)O)CC[C@]3(C)C(CCC4[C@@]5(C)CC[C@H](OC(=O)C(C)OC(C)=O)C(C)(C)[C@@H]5CC[C@]43C)C12. The van der Waals surface area contributed by atoms with Crippen LogP contribution < -0.4 is 0 Å². The molecule has 0 bridgehead atoms. The van der Waals surface area contributed by atoms with Gasteiger partial charge >= 0.3 is 17.9 Å². The van der Waals surface area contributed by atoms with Gasteiger partial charge in [-0.1, -0.05) is 46.8 Å². The minimum absolute atomic E-state index is 0.116. The molecule has 0 aliphatic heterocycles. The average molecular weight is 571 g/mol. The number of carboxylic acid groups (broad SMARTS) is 1. The minimum atomic E-state index is -0.896. The zero-order chi connectivity index (χ0) is 30.2. The summed E-state index contributed by atoms with van der Waals surface area (Å²) in [5.41, 5.74) is -0.353. The molecule has 6 nitrogen and oxygen atoms in total. The number of ether oxygens (including phenoxy) is 2. The van der Waals surface area contributed by atoms with E-state index in [0.29, 0.717) is 23.7 Å². The number of carbonyl (C=O) groups is 3. The Kier molecular flexibility index (Phi) is 7.55. The fraction of sp³-hybridized carbons (Fsp3) is 0.857. The Bertz CT molecular complexity index is 1110. The number of fused-ring (bicyclic) bond motifs is 7. The normalized spacial score (nSPS) is 47.3. The van der Waals surface area contributed by atoms with Crippen LogP contribution in [0.15, 0.2) is 12.2 Å². The maximum Gasteiger partial charge on any atom is 0.347 e. The number of carbonyl (C=O) groups excluding carboxylic acids is 2. The Morgan fingerprint density at radius 2 is 1.56 bits per heavy atom. The number of hydrogen-bond donors (Lipinski definition) is 1. The van der Waals surface area contributed by atoms with Gasteiger partial charge in [0, 0.05) is 12.3 Å². The topological polar surface area (TPSA) is 89.9 Å². The summed E-state index contributed by atoms with van der Waals surface area (Å²) in [5.74, 6) is 0.529. The van der Waals surface area contributed by atoms with Crippen LogP contribution >= 0.6 is 0 Å². The van der Waals surface area contributed by atoms with Gasteiger partial charge in [0.1, 0.15) is 6.10 Å². The largest absolute Gasteiger partial charge is 0.481 e. The third kappa shape index (κ3) is 4.26. The quantitative estimate of drug-likeness (QED) is 0.270. The second kappa shape index (κ2) is 10.1. The number of carboxylic acids is 1. The Hall–Kier alpha value is -1.85. The molecule has 5 aliphatic carbocycles. The van der Waals surface area contributed by atoms with Crippen LogP contribution in [0, 0.1) is 56.7 Å². The Morgan fingerprint density at radius 3 is 2.20 bits per heavy atom. The third-order valence-corrected chi connectivity index (χ3v) is 14.2. The van der Waals surface area contributed by atoms with E-state index in [2.05, 4.69) is 53.7 Å². The van der Waals surface area contributed by atoms with Crippen molar-refractivity contribution in [2.75, 3.05) is 0 Å². The number of esters is 2. The van der Waals surface area contributed by atoms with Crippen LogP contribution in [0.25, 0.3) is 0 Å². The minimum Gasteiger partial charge on any atom is -0.481 e. The predicted octanol–water partition coefficient (Wildman–Crippen LogP) is 7.59. The van der Waals surface area contributed by atoms with Crippen molar-refractivity contribution in [1.82, 2.24) is 0 Å². The first-order valence-electron chi connectivity index (χ1n) is 16.3. The molecule has 6 unspecified atom stereocenters. The maximum absolute atomic E-state index is 12.9. The molecular weight excluding hydrogens is 516 g/mol. The van der Waals surface area contributed by atoms with Crippen LogP contribution in [0.1, 0.15) is 120 Å². The molecule has 1 N–H and O–H groups in total. The van der Waals surface area contributed by atoms with E-state index in [1.807, 2.05) is 0 Å². The van der Waals surface area contributed by atoms with Crippen LogP contribution in [0.4, 0.5) is 0 Å². The van der Waals surface area contributed by atoms with Gasteiger partial charge in [-0.25, -0.2) is 4.79 Å². The first kappa shape index (κ1) is 30.6. The molecule has 0 aromatic rings. The molecule has 5 rings (SSSR count). The van der Waals surface area contributed by atoms with Crippen molar-refractivity contribution in [3.63, 3.8) is 0 Å². The van der Waals surface area contributed by atoms with E-state index in [9.17, 15) is 19.5 Å². The molecule has 11 atom stereocenters. The van der Waals surface area contributed by atoms with Crippen molar-refractivity contribution in [1.29, 1.82) is 0 Å². The van der Waals surface area contributed by atoms with Crippen molar-refractivity contribution in [2.24, 2.45) is 56.7 Å². The predicted molar refractivity (Wildman–Crippen MR) is 158 cm³/mol. The highest BCUT2D eigenvalue weighted by Crippen LogP contribution is 2.77. The summed E-state index contributed by atoms with van der Waals surface area (Å²) in [5, 5.41) is 10.6. The lowest BCUT2D eigenvalue weighted by atomic mass is 9.32. The molecule has 0 spiro atoms. The van der Waals surface area contributed by atoms with Crippen LogP contribution in [0.5, 0.6) is 0 Å². The summed E-state index contributed by atoms with van der Waals surface area (Å²) < 4.78 is 11.2. The van der Waals surface area contributed by atoms with E-state index in [1.165, 1.54) is 6.92 Å². The highest BCUT2D eigenvalue weighted by molar-refractivity contribution is 5.78. The summed E-state index contributed by atoms with van der Waals surface area (Å²) in [6, 6.07) is 0. The lowest BCUT2D eigenvalue weighted by molar-refractivity contribution is -0.251. The molecule has 0 heterocycles. The van der Waals surface area contributed by atoms with Gasteiger partial charge < -0.3 is 14.6 Å². The van der Waals surface area contributed by atoms with Gasteiger partial charge in [-0.05, 0) is 124 Å². The van der Waals surface area contributed by atoms with Crippen molar-refractivity contribution in [2.45, 2.75) is 132 Å². The molecule has 5 saturated carbocycles. The molecule has 5 fully saturated rings. The van der Waals surface area contributed by atoms with E-state index in [-0.39, 0.29) is 33.7 Å². The van der Waals surface area contributed by atoms with Gasteiger partial charge in [0.05, 0.1) is 5.41 Å². The fourth-order valence-electron chi connectivity index (χ4n) is 12.2. The van der Waals surface area contributed by atoms with Crippen molar-refractivity contribution >= 4 is 17.9 Å². The first-order chi connectivity index (χ1) is 19.1.